The highest BCUT2D eigenvalue weighted by Gasteiger charge is 2.20. The minimum Gasteiger partial charge on any atom is -0.495 e. The molecule has 1 heterocycles. The second-order valence-corrected chi connectivity index (χ2v) is 5.61. The standard InChI is InChI=1S/C18H25NO2/c1-3-15-9-10-19(13-15)14-16-7-8-18(21-2)17(12-16)6-4-5-11-20/h7-8,12,15,20H,3,5,9-11,13-14H2,1-2H3. The SMILES string of the molecule is CCC1CCN(Cc2ccc(OC)c(C#CCCO)c2)C1. The van der Waals surface area contributed by atoms with Crippen molar-refractivity contribution < 1.29 is 9.84 Å². The fourth-order valence-corrected chi connectivity index (χ4v) is 2.81. The summed E-state index contributed by atoms with van der Waals surface area (Å²) >= 11 is 0. The number of aliphatic hydroxyl groups excluding tert-OH is 1. The number of likely N-dealkylation sites (tertiary alicyclic amines) is 1. The first-order valence-electron chi connectivity index (χ1n) is 7.75. The second kappa shape index (κ2) is 8.07. The predicted molar refractivity (Wildman–Crippen MR) is 85.2 cm³/mol. The van der Waals surface area contributed by atoms with Crippen LogP contribution in [0.25, 0.3) is 0 Å². The van der Waals surface area contributed by atoms with Gasteiger partial charge >= 0.3 is 0 Å². The van der Waals surface area contributed by atoms with Gasteiger partial charge in [-0.3, -0.25) is 4.90 Å². The smallest absolute Gasteiger partial charge is 0.134 e. The summed E-state index contributed by atoms with van der Waals surface area (Å²) < 4.78 is 5.36. The molecule has 0 radical (unpaired) electrons. The van der Waals surface area contributed by atoms with E-state index in [-0.39, 0.29) is 6.61 Å². The van der Waals surface area contributed by atoms with Gasteiger partial charge in [0.25, 0.3) is 0 Å². The third-order valence-corrected chi connectivity index (χ3v) is 4.08. The Kier molecular flexibility index (Phi) is 6.10. The van der Waals surface area contributed by atoms with Gasteiger partial charge < -0.3 is 9.84 Å². The fraction of sp³-hybridized carbons (Fsp3) is 0.556. The van der Waals surface area contributed by atoms with Gasteiger partial charge in [0.15, 0.2) is 0 Å². The number of rotatable bonds is 5. The van der Waals surface area contributed by atoms with E-state index < -0.39 is 0 Å². The topological polar surface area (TPSA) is 32.7 Å². The van der Waals surface area contributed by atoms with Gasteiger partial charge in [0, 0.05) is 19.5 Å². The van der Waals surface area contributed by atoms with Crippen molar-refractivity contribution in [3.05, 3.63) is 29.3 Å². The first kappa shape index (κ1) is 15.9. The normalized spacial score (nSPS) is 18.3. The van der Waals surface area contributed by atoms with Crippen molar-refractivity contribution in [3.8, 4) is 17.6 Å². The van der Waals surface area contributed by atoms with Crippen molar-refractivity contribution in [3.63, 3.8) is 0 Å². The molecule has 114 valence electrons. The molecule has 0 spiro atoms. The van der Waals surface area contributed by atoms with Crippen LogP contribution >= 0.6 is 0 Å². The molecular formula is C18H25NO2. The van der Waals surface area contributed by atoms with Crippen molar-refractivity contribution in [2.24, 2.45) is 5.92 Å². The molecule has 1 N–H and O–H groups in total. The van der Waals surface area contributed by atoms with Crippen LogP contribution in [0.1, 0.15) is 37.3 Å². The van der Waals surface area contributed by atoms with Gasteiger partial charge in [0.05, 0.1) is 19.3 Å². The number of ether oxygens (including phenoxy) is 1. The summed E-state index contributed by atoms with van der Waals surface area (Å²) in [7, 11) is 1.67. The summed E-state index contributed by atoms with van der Waals surface area (Å²) in [6.45, 7) is 5.75. The molecule has 21 heavy (non-hydrogen) atoms. The number of nitrogens with zero attached hydrogens (tertiary/aromatic N) is 1. The zero-order valence-corrected chi connectivity index (χ0v) is 13.1. The molecule has 0 aromatic heterocycles. The first-order valence-corrected chi connectivity index (χ1v) is 7.75. The lowest BCUT2D eigenvalue weighted by atomic mass is 10.1. The molecule has 1 aliphatic heterocycles. The molecule has 0 saturated carbocycles. The van der Waals surface area contributed by atoms with Crippen LogP contribution in [-0.2, 0) is 6.54 Å². The number of aliphatic hydroxyl groups is 1. The molecule has 0 amide bonds. The zero-order chi connectivity index (χ0) is 15.1. The van der Waals surface area contributed by atoms with E-state index in [1.165, 1.54) is 31.5 Å². The van der Waals surface area contributed by atoms with Crippen LogP contribution in [0, 0.1) is 17.8 Å². The minimum atomic E-state index is 0.0984. The van der Waals surface area contributed by atoms with Crippen LogP contribution in [-0.4, -0.2) is 36.8 Å². The predicted octanol–water partition coefficient (Wildman–Crippen LogP) is 2.66. The van der Waals surface area contributed by atoms with Crippen LogP contribution < -0.4 is 4.74 Å². The molecule has 3 heteroatoms. The van der Waals surface area contributed by atoms with Crippen molar-refractivity contribution in [1.82, 2.24) is 4.90 Å². The minimum absolute atomic E-state index is 0.0984. The lowest BCUT2D eigenvalue weighted by Gasteiger charge is -2.16. The highest BCUT2D eigenvalue weighted by Crippen LogP contribution is 2.23. The summed E-state index contributed by atoms with van der Waals surface area (Å²) in [6, 6.07) is 6.23. The average molecular weight is 287 g/mol. The Hall–Kier alpha value is -1.50. The maximum Gasteiger partial charge on any atom is 0.134 e. The van der Waals surface area contributed by atoms with E-state index in [4.69, 9.17) is 9.84 Å². The van der Waals surface area contributed by atoms with E-state index in [0.29, 0.717) is 6.42 Å². The van der Waals surface area contributed by atoms with Crippen LogP contribution in [0.3, 0.4) is 0 Å². The maximum absolute atomic E-state index is 8.82. The van der Waals surface area contributed by atoms with Crippen LogP contribution in [0.4, 0.5) is 0 Å². The quantitative estimate of drug-likeness (QED) is 0.845. The van der Waals surface area contributed by atoms with Gasteiger partial charge in [-0.25, -0.2) is 0 Å². The van der Waals surface area contributed by atoms with E-state index in [1.807, 2.05) is 6.07 Å². The highest BCUT2D eigenvalue weighted by molar-refractivity contribution is 5.48. The van der Waals surface area contributed by atoms with Crippen molar-refractivity contribution in [2.75, 3.05) is 26.8 Å². The fourth-order valence-electron chi connectivity index (χ4n) is 2.81. The zero-order valence-electron chi connectivity index (χ0n) is 13.1. The van der Waals surface area contributed by atoms with Gasteiger partial charge in [0.1, 0.15) is 5.75 Å². The third-order valence-electron chi connectivity index (χ3n) is 4.08. The molecule has 1 aliphatic rings. The molecule has 1 atom stereocenters. The number of methoxy groups -OCH3 is 1. The third kappa shape index (κ3) is 4.49. The summed E-state index contributed by atoms with van der Waals surface area (Å²) in [5.74, 6) is 7.72. The van der Waals surface area contributed by atoms with E-state index in [9.17, 15) is 0 Å². The van der Waals surface area contributed by atoms with Crippen molar-refractivity contribution in [1.29, 1.82) is 0 Å². The van der Waals surface area contributed by atoms with Crippen LogP contribution in [0.2, 0.25) is 0 Å². The van der Waals surface area contributed by atoms with E-state index in [0.717, 1.165) is 23.8 Å². The Morgan fingerprint density at radius 2 is 2.29 bits per heavy atom. The van der Waals surface area contributed by atoms with E-state index in [2.05, 4.69) is 35.8 Å². The summed E-state index contributed by atoms with van der Waals surface area (Å²) in [4.78, 5) is 2.51. The molecule has 1 aromatic rings. The molecule has 2 rings (SSSR count). The molecule has 3 nitrogen and oxygen atoms in total. The molecule has 1 unspecified atom stereocenters. The molecule has 0 bridgehead atoms. The molecule has 0 aliphatic carbocycles. The van der Waals surface area contributed by atoms with Crippen LogP contribution in [0.5, 0.6) is 5.75 Å². The second-order valence-electron chi connectivity index (χ2n) is 5.61. The van der Waals surface area contributed by atoms with E-state index >= 15 is 0 Å². The number of hydrogen-bond donors (Lipinski definition) is 1. The van der Waals surface area contributed by atoms with Gasteiger partial charge in [-0.2, -0.15) is 0 Å². The van der Waals surface area contributed by atoms with E-state index in [1.54, 1.807) is 7.11 Å². The molecule has 1 fully saturated rings. The Morgan fingerprint density at radius 1 is 1.43 bits per heavy atom. The van der Waals surface area contributed by atoms with Gasteiger partial charge in [-0.15, -0.1) is 0 Å². The largest absolute Gasteiger partial charge is 0.495 e. The summed E-state index contributed by atoms with van der Waals surface area (Å²) in [5, 5.41) is 8.82. The first-order chi connectivity index (χ1) is 10.3. The number of benzene rings is 1. The highest BCUT2D eigenvalue weighted by atomic mass is 16.5. The Morgan fingerprint density at radius 3 is 2.95 bits per heavy atom. The van der Waals surface area contributed by atoms with Crippen molar-refractivity contribution in [2.45, 2.75) is 32.7 Å². The number of hydrogen-bond acceptors (Lipinski definition) is 3. The van der Waals surface area contributed by atoms with Crippen molar-refractivity contribution >= 4 is 0 Å². The summed E-state index contributed by atoms with van der Waals surface area (Å²) in [6.07, 6.45) is 3.09. The Labute approximate surface area is 127 Å². The summed E-state index contributed by atoms with van der Waals surface area (Å²) in [5.41, 5.74) is 2.19. The average Bonchev–Trinajstić information content (AvgIpc) is 2.95. The van der Waals surface area contributed by atoms with Gasteiger partial charge in [-0.1, -0.05) is 31.3 Å². The Balaban J connectivity index is 2.07. The Bertz CT molecular complexity index is 516. The van der Waals surface area contributed by atoms with Crippen LogP contribution in [0.15, 0.2) is 18.2 Å². The lowest BCUT2D eigenvalue weighted by molar-refractivity contribution is 0.305. The maximum atomic E-state index is 8.82. The lowest BCUT2D eigenvalue weighted by Crippen LogP contribution is -2.20. The molecule has 1 aromatic carbocycles. The molecular weight excluding hydrogens is 262 g/mol. The monoisotopic (exact) mass is 287 g/mol. The van der Waals surface area contributed by atoms with Gasteiger partial charge in [0.2, 0.25) is 0 Å². The van der Waals surface area contributed by atoms with Gasteiger partial charge in [-0.05, 0) is 36.6 Å². The molecule has 1 saturated heterocycles.